The summed E-state index contributed by atoms with van der Waals surface area (Å²) in [5.41, 5.74) is 6.51. The molecule has 2 aliphatic carbocycles. The molecule has 1 aromatic carbocycles. The van der Waals surface area contributed by atoms with Crippen LogP contribution in [0.25, 0.3) is 0 Å². The molecule has 0 aromatic heterocycles. The third kappa shape index (κ3) is 2.28. The van der Waals surface area contributed by atoms with Crippen molar-refractivity contribution in [1.82, 2.24) is 0 Å². The highest BCUT2D eigenvalue weighted by atomic mass is 19.1. The fourth-order valence-electron chi connectivity index (χ4n) is 4.15. The molecule has 3 N–H and O–H groups in total. The lowest BCUT2D eigenvalue weighted by atomic mass is 9.88. The zero-order chi connectivity index (χ0) is 14.3. The van der Waals surface area contributed by atoms with Crippen molar-refractivity contribution >= 4 is 11.5 Å². The van der Waals surface area contributed by atoms with Crippen molar-refractivity contribution in [2.45, 2.75) is 25.7 Å². The summed E-state index contributed by atoms with van der Waals surface area (Å²) >= 11 is 0. The second-order valence-electron chi connectivity index (χ2n) is 6.36. The predicted octanol–water partition coefficient (Wildman–Crippen LogP) is 2.98. The number of nitrogens with two attached hydrogens (primary N) is 1. The summed E-state index contributed by atoms with van der Waals surface area (Å²) in [7, 11) is 1.98. The van der Waals surface area contributed by atoms with Gasteiger partial charge in [-0.3, -0.25) is 5.41 Å². The molecule has 2 saturated carbocycles. The second-order valence-corrected chi connectivity index (χ2v) is 6.36. The number of amidine groups is 1. The van der Waals surface area contributed by atoms with E-state index >= 15 is 0 Å². The quantitative estimate of drug-likeness (QED) is 0.655. The van der Waals surface area contributed by atoms with Crippen LogP contribution in [0.3, 0.4) is 0 Å². The average Bonchev–Trinajstić information content (AvgIpc) is 3.00. The van der Waals surface area contributed by atoms with Gasteiger partial charge in [0.15, 0.2) is 0 Å². The first-order valence-electron chi connectivity index (χ1n) is 7.40. The third-order valence-corrected chi connectivity index (χ3v) is 5.07. The molecule has 2 aliphatic rings. The van der Waals surface area contributed by atoms with Crippen LogP contribution >= 0.6 is 0 Å². The number of benzene rings is 1. The first kappa shape index (κ1) is 13.4. The normalized spacial score (nSPS) is 27.8. The van der Waals surface area contributed by atoms with Gasteiger partial charge in [-0.05, 0) is 49.1 Å². The van der Waals surface area contributed by atoms with E-state index in [1.165, 1.54) is 31.7 Å². The Morgan fingerprint density at radius 1 is 1.40 bits per heavy atom. The maximum absolute atomic E-state index is 13.9. The lowest BCUT2D eigenvalue weighted by Gasteiger charge is -2.29. The Balaban J connectivity index is 1.79. The Kier molecular flexibility index (Phi) is 3.40. The van der Waals surface area contributed by atoms with E-state index < -0.39 is 5.82 Å². The number of fused-ring (bicyclic) bond motifs is 2. The molecule has 0 amide bonds. The molecule has 0 heterocycles. The molecule has 3 rings (SSSR count). The van der Waals surface area contributed by atoms with Gasteiger partial charge in [-0.25, -0.2) is 4.39 Å². The lowest BCUT2D eigenvalue weighted by Crippen LogP contribution is -2.30. The second kappa shape index (κ2) is 5.08. The smallest absolute Gasteiger partial charge is 0.136 e. The third-order valence-electron chi connectivity index (χ3n) is 5.07. The van der Waals surface area contributed by atoms with Gasteiger partial charge in [-0.1, -0.05) is 12.5 Å². The van der Waals surface area contributed by atoms with Crippen molar-refractivity contribution in [1.29, 1.82) is 5.41 Å². The van der Waals surface area contributed by atoms with Crippen LogP contribution in [0.2, 0.25) is 0 Å². The van der Waals surface area contributed by atoms with E-state index in [0.29, 0.717) is 5.92 Å². The molecule has 108 valence electrons. The Labute approximate surface area is 119 Å². The van der Waals surface area contributed by atoms with Gasteiger partial charge in [0.25, 0.3) is 0 Å². The number of hydrogen-bond donors (Lipinski definition) is 2. The fourth-order valence-corrected chi connectivity index (χ4v) is 4.15. The highest BCUT2D eigenvalue weighted by molar-refractivity contribution is 6.00. The topological polar surface area (TPSA) is 53.1 Å². The maximum atomic E-state index is 13.9. The molecule has 1 aromatic rings. The van der Waals surface area contributed by atoms with Gasteiger partial charge < -0.3 is 10.6 Å². The van der Waals surface area contributed by atoms with Gasteiger partial charge in [0, 0.05) is 13.6 Å². The molecule has 2 fully saturated rings. The number of nitrogens with zero attached hydrogens (tertiary/aromatic N) is 1. The summed E-state index contributed by atoms with van der Waals surface area (Å²) in [6.45, 7) is 0.935. The highest BCUT2D eigenvalue weighted by Crippen LogP contribution is 2.48. The van der Waals surface area contributed by atoms with E-state index in [1.807, 2.05) is 13.1 Å². The number of nitrogen functional groups attached to an aromatic ring is 1. The molecule has 2 bridgehead atoms. The Morgan fingerprint density at radius 3 is 2.80 bits per heavy atom. The molecule has 0 aliphatic heterocycles. The maximum Gasteiger partial charge on any atom is 0.136 e. The van der Waals surface area contributed by atoms with Gasteiger partial charge in [-0.15, -0.1) is 0 Å². The fraction of sp³-hybridized carbons (Fsp3) is 0.562. The first-order chi connectivity index (χ1) is 9.56. The van der Waals surface area contributed by atoms with Crippen LogP contribution < -0.4 is 10.6 Å². The van der Waals surface area contributed by atoms with Crippen LogP contribution in [-0.4, -0.2) is 19.4 Å². The van der Waals surface area contributed by atoms with E-state index in [0.717, 1.165) is 24.1 Å². The number of nitrogens with one attached hydrogen (secondary N) is 1. The number of halogens is 1. The van der Waals surface area contributed by atoms with Crippen LogP contribution in [0, 0.1) is 29.0 Å². The molecule has 3 atom stereocenters. The molecule has 0 radical (unpaired) electrons. The van der Waals surface area contributed by atoms with Crippen LogP contribution in [-0.2, 0) is 0 Å². The van der Waals surface area contributed by atoms with E-state index in [4.69, 9.17) is 11.1 Å². The molecular formula is C16H22FN3. The predicted molar refractivity (Wildman–Crippen MR) is 79.6 cm³/mol. The van der Waals surface area contributed by atoms with E-state index in [-0.39, 0.29) is 11.4 Å². The largest absolute Gasteiger partial charge is 0.384 e. The standard InChI is InChI=1S/C16H22FN3/c1-20(9-12-8-10-5-6-11(12)7-10)14-4-2-3-13(17)15(14)16(18)19/h2-4,10-12H,5-9H2,1H3,(H3,18,19). The van der Waals surface area contributed by atoms with Crippen LogP contribution in [0.15, 0.2) is 18.2 Å². The summed E-state index contributed by atoms with van der Waals surface area (Å²) in [6, 6.07) is 4.91. The Hall–Kier alpha value is -1.58. The van der Waals surface area contributed by atoms with Crippen LogP contribution in [0.1, 0.15) is 31.2 Å². The number of rotatable bonds is 4. The highest BCUT2D eigenvalue weighted by Gasteiger charge is 2.39. The average molecular weight is 275 g/mol. The van der Waals surface area contributed by atoms with Crippen LogP contribution in [0.4, 0.5) is 10.1 Å². The zero-order valence-electron chi connectivity index (χ0n) is 11.9. The van der Waals surface area contributed by atoms with Gasteiger partial charge >= 0.3 is 0 Å². The molecular weight excluding hydrogens is 253 g/mol. The SMILES string of the molecule is CN(CC1CC2CCC1C2)c1cccc(F)c1C(=N)N. The number of anilines is 1. The minimum atomic E-state index is -0.408. The zero-order valence-corrected chi connectivity index (χ0v) is 11.9. The first-order valence-corrected chi connectivity index (χ1v) is 7.40. The van der Waals surface area contributed by atoms with Crippen molar-refractivity contribution in [3.05, 3.63) is 29.6 Å². The summed E-state index contributed by atoms with van der Waals surface area (Å²) in [5.74, 6) is 1.87. The van der Waals surface area contributed by atoms with Gasteiger partial charge in [0.2, 0.25) is 0 Å². The minimum Gasteiger partial charge on any atom is -0.384 e. The van der Waals surface area contributed by atoms with Crippen molar-refractivity contribution in [3.8, 4) is 0 Å². The lowest BCUT2D eigenvalue weighted by molar-refractivity contribution is 0.337. The Bertz CT molecular complexity index is 528. The minimum absolute atomic E-state index is 0.196. The van der Waals surface area contributed by atoms with Crippen molar-refractivity contribution in [2.24, 2.45) is 23.5 Å². The van der Waals surface area contributed by atoms with E-state index in [2.05, 4.69) is 4.90 Å². The van der Waals surface area contributed by atoms with Crippen molar-refractivity contribution in [3.63, 3.8) is 0 Å². The van der Waals surface area contributed by atoms with Crippen molar-refractivity contribution < 1.29 is 4.39 Å². The number of hydrogen-bond acceptors (Lipinski definition) is 2. The summed E-state index contributed by atoms with van der Waals surface area (Å²) in [4.78, 5) is 2.07. The summed E-state index contributed by atoms with van der Waals surface area (Å²) < 4.78 is 13.9. The van der Waals surface area contributed by atoms with E-state index in [9.17, 15) is 4.39 Å². The molecule has 4 heteroatoms. The van der Waals surface area contributed by atoms with Gasteiger partial charge in [-0.2, -0.15) is 0 Å². The monoisotopic (exact) mass is 275 g/mol. The molecule has 3 unspecified atom stereocenters. The summed E-state index contributed by atoms with van der Waals surface area (Å²) in [6.07, 6.45) is 5.43. The Morgan fingerprint density at radius 2 is 2.20 bits per heavy atom. The van der Waals surface area contributed by atoms with Gasteiger partial charge in [0.1, 0.15) is 11.7 Å². The molecule has 20 heavy (non-hydrogen) atoms. The van der Waals surface area contributed by atoms with Gasteiger partial charge in [0.05, 0.1) is 11.3 Å². The van der Waals surface area contributed by atoms with Crippen molar-refractivity contribution in [2.75, 3.05) is 18.5 Å². The van der Waals surface area contributed by atoms with Crippen LogP contribution in [0.5, 0.6) is 0 Å². The molecule has 0 spiro atoms. The molecule has 3 nitrogen and oxygen atoms in total. The summed E-state index contributed by atoms with van der Waals surface area (Å²) in [5, 5.41) is 7.59. The molecule has 0 saturated heterocycles. The van der Waals surface area contributed by atoms with E-state index in [1.54, 1.807) is 6.07 Å².